The summed E-state index contributed by atoms with van der Waals surface area (Å²) in [6, 6.07) is 0. The van der Waals surface area contributed by atoms with Crippen LogP contribution in [-0.4, -0.2) is 23.3 Å². The number of cyclic esters (lactones) is 1. The molecule has 1 aliphatic heterocycles. The Morgan fingerprint density at radius 1 is 1.80 bits per heavy atom. The van der Waals surface area contributed by atoms with Crippen LogP contribution in [0.1, 0.15) is 0 Å². The van der Waals surface area contributed by atoms with Crippen LogP contribution >= 0.6 is 0 Å². The van der Waals surface area contributed by atoms with Gasteiger partial charge in [0.25, 0.3) is 0 Å². The topological polar surface area (TPSA) is 46.5 Å². The van der Waals surface area contributed by atoms with Crippen LogP contribution in [0.5, 0.6) is 0 Å². The van der Waals surface area contributed by atoms with Crippen molar-refractivity contribution in [3.63, 3.8) is 0 Å². The number of esters is 1. The zero-order chi connectivity index (χ0) is 7.56. The van der Waals surface area contributed by atoms with Gasteiger partial charge >= 0.3 is 5.97 Å². The van der Waals surface area contributed by atoms with E-state index in [1.807, 2.05) is 0 Å². The van der Waals surface area contributed by atoms with E-state index in [4.69, 9.17) is 5.11 Å². The Bertz CT molecular complexity index is 183. The molecule has 0 unspecified atom stereocenters. The van der Waals surface area contributed by atoms with Crippen molar-refractivity contribution in [1.82, 2.24) is 0 Å². The number of hydrogen-bond acceptors (Lipinski definition) is 3. The zero-order valence-electron chi connectivity index (χ0n) is 5.36. The van der Waals surface area contributed by atoms with Crippen molar-refractivity contribution in [2.45, 2.75) is 12.2 Å². The van der Waals surface area contributed by atoms with Gasteiger partial charge in [0.2, 0.25) is 0 Å². The summed E-state index contributed by atoms with van der Waals surface area (Å²) < 4.78 is 4.65. The van der Waals surface area contributed by atoms with E-state index < -0.39 is 18.2 Å². The van der Waals surface area contributed by atoms with Gasteiger partial charge in [0.1, 0.15) is 12.2 Å². The summed E-state index contributed by atoms with van der Waals surface area (Å²) in [4.78, 5) is 10.5. The van der Waals surface area contributed by atoms with E-state index in [-0.39, 0.29) is 0 Å². The number of rotatable bonds is 1. The average Bonchev–Trinajstić information content (AvgIpc) is 1.94. The number of aliphatic hydroxyl groups excluding tert-OH is 1. The lowest BCUT2D eigenvalue weighted by atomic mass is 10.1. The summed E-state index contributed by atoms with van der Waals surface area (Å²) in [6.07, 6.45) is 2.65. The Balaban J connectivity index is 2.70. The van der Waals surface area contributed by atoms with E-state index >= 15 is 0 Å². The van der Waals surface area contributed by atoms with Gasteiger partial charge in [-0.1, -0.05) is 6.58 Å². The molecule has 3 nitrogen and oxygen atoms in total. The number of ether oxygens (including phenoxy) is 1. The first-order valence-corrected chi connectivity index (χ1v) is 2.93. The van der Waals surface area contributed by atoms with Gasteiger partial charge in [-0.15, -0.1) is 0 Å². The molecule has 3 heteroatoms. The second-order valence-electron chi connectivity index (χ2n) is 1.99. The zero-order valence-corrected chi connectivity index (χ0v) is 5.36. The molecular formula is C7H8O3. The molecular weight excluding hydrogens is 132 g/mol. The van der Waals surface area contributed by atoms with Crippen LogP contribution in [0.2, 0.25) is 0 Å². The molecule has 0 radical (unpaired) electrons. The molecule has 0 aliphatic carbocycles. The minimum Gasteiger partial charge on any atom is -0.452 e. The van der Waals surface area contributed by atoms with Crippen LogP contribution in [0.15, 0.2) is 24.8 Å². The van der Waals surface area contributed by atoms with E-state index in [9.17, 15) is 4.79 Å². The van der Waals surface area contributed by atoms with Crippen LogP contribution < -0.4 is 0 Å². The second-order valence-corrected chi connectivity index (χ2v) is 1.99. The van der Waals surface area contributed by atoms with Gasteiger partial charge in [-0.25, -0.2) is 4.79 Å². The van der Waals surface area contributed by atoms with Crippen molar-refractivity contribution >= 4 is 5.97 Å². The smallest absolute Gasteiger partial charge is 0.331 e. The molecule has 0 saturated carbocycles. The highest BCUT2D eigenvalue weighted by Crippen LogP contribution is 2.08. The molecule has 0 saturated heterocycles. The van der Waals surface area contributed by atoms with E-state index in [2.05, 4.69) is 11.3 Å². The number of carbonyl (C=O) groups excluding carboxylic acids is 1. The Labute approximate surface area is 58.6 Å². The van der Waals surface area contributed by atoms with Crippen LogP contribution in [0.4, 0.5) is 0 Å². The van der Waals surface area contributed by atoms with E-state index in [0.29, 0.717) is 0 Å². The molecule has 0 spiro atoms. The normalized spacial score (nSPS) is 31.5. The summed E-state index contributed by atoms with van der Waals surface area (Å²) in [5.74, 6) is -0.435. The molecule has 0 bridgehead atoms. The largest absolute Gasteiger partial charge is 0.452 e. The Morgan fingerprint density at radius 3 is 3.00 bits per heavy atom. The molecule has 10 heavy (non-hydrogen) atoms. The van der Waals surface area contributed by atoms with Crippen molar-refractivity contribution < 1.29 is 14.6 Å². The summed E-state index contributed by atoms with van der Waals surface area (Å²) in [6.45, 7) is 3.40. The molecule has 2 atom stereocenters. The fraction of sp³-hybridized carbons (Fsp3) is 0.286. The van der Waals surface area contributed by atoms with Crippen molar-refractivity contribution in [2.24, 2.45) is 0 Å². The van der Waals surface area contributed by atoms with Crippen LogP contribution in [0.25, 0.3) is 0 Å². The summed E-state index contributed by atoms with van der Waals surface area (Å²) >= 11 is 0. The van der Waals surface area contributed by atoms with E-state index in [1.165, 1.54) is 18.2 Å². The summed E-state index contributed by atoms with van der Waals surface area (Å²) in [5, 5.41) is 9.05. The van der Waals surface area contributed by atoms with Gasteiger partial charge in [-0.05, 0) is 12.2 Å². The maximum atomic E-state index is 10.5. The number of carbonyl (C=O) groups is 1. The molecule has 54 valence electrons. The highest BCUT2D eigenvalue weighted by Gasteiger charge is 2.20. The van der Waals surface area contributed by atoms with Crippen molar-refractivity contribution in [3.05, 3.63) is 24.8 Å². The van der Waals surface area contributed by atoms with Crippen LogP contribution in [0, 0.1) is 0 Å². The monoisotopic (exact) mass is 140 g/mol. The Kier molecular flexibility index (Phi) is 1.87. The maximum Gasteiger partial charge on any atom is 0.331 e. The maximum absolute atomic E-state index is 10.5. The summed E-state index contributed by atoms with van der Waals surface area (Å²) in [7, 11) is 0. The lowest BCUT2D eigenvalue weighted by molar-refractivity contribution is -0.146. The van der Waals surface area contributed by atoms with Gasteiger partial charge in [0.15, 0.2) is 0 Å². The highest BCUT2D eigenvalue weighted by molar-refractivity contribution is 5.83. The lowest BCUT2D eigenvalue weighted by Gasteiger charge is -2.19. The van der Waals surface area contributed by atoms with Gasteiger partial charge in [-0.3, -0.25) is 0 Å². The molecule has 0 aromatic rings. The third kappa shape index (κ3) is 1.25. The molecule has 1 N–H and O–H groups in total. The lowest BCUT2D eigenvalue weighted by Crippen LogP contribution is -2.30. The summed E-state index contributed by atoms with van der Waals surface area (Å²) in [5.41, 5.74) is 0. The Morgan fingerprint density at radius 2 is 2.50 bits per heavy atom. The highest BCUT2D eigenvalue weighted by atomic mass is 16.6. The van der Waals surface area contributed by atoms with Crippen molar-refractivity contribution in [3.8, 4) is 0 Å². The van der Waals surface area contributed by atoms with Gasteiger partial charge in [0.05, 0.1) is 0 Å². The predicted molar refractivity (Wildman–Crippen MR) is 35.2 cm³/mol. The quantitative estimate of drug-likeness (QED) is 0.412. The third-order valence-corrected chi connectivity index (χ3v) is 1.25. The van der Waals surface area contributed by atoms with Crippen LogP contribution in [-0.2, 0) is 9.53 Å². The molecule has 0 aromatic heterocycles. The van der Waals surface area contributed by atoms with Crippen molar-refractivity contribution in [1.29, 1.82) is 0 Å². The minimum absolute atomic E-state index is 0.435. The fourth-order valence-corrected chi connectivity index (χ4v) is 0.717. The van der Waals surface area contributed by atoms with E-state index in [0.717, 1.165) is 0 Å². The third-order valence-electron chi connectivity index (χ3n) is 1.25. The number of aliphatic hydroxyl groups is 1. The molecule has 0 aromatic carbocycles. The first-order chi connectivity index (χ1) is 4.74. The standard InChI is InChI=1S/C7H8O3/c1-2-6-5(8)3-4-7(9)10-6/h2-6,8H,1H2/t5-,6-/m0/s1. The Hall–Kier alpha value is -1.09. The molecule has 1 rings (SSSR count). The average molecular weight is 140 g/mol. The fourth-order valence-electron chi connectivity index (χ4n) is 0.717. The minimum atomic E-state index is -0.741. The van der Waals surface area contributed by atoms with Gasteiger partial charge in [-0.2, -0.15) is 0 Å². The van der Waals surface area contributed by atoms with Crippen LogP contribution in [0.3, 0.4) is 0 Å². The van der Waals surface area contributed by atoms with E-state index in [1.54, 1.807) is 0 Å². The van der Waals surface area contributed by atoms with Gasteiger partial charge < -0.3 is 9.84 Å². The van der Waals surface area contributed by atoms with Gasteiger partial charge in [0, 0.05) is 6.08 Å². The molecule has 1 heterocycles. The molecule has 0 amide bonds. The predicted octanol–water partition coefficient (Wildman–Crippen LogP) is 0.0149. The van der Waals surface area contributed by atoms with Crippen molar-refractivity contribution in [2.75, 3.05) is 0 Å². The first-order valence-electron chi connectivity index (χ1n) is 2.93. The molecule has 1 aliphatic rings. The first kappa shape index (κ1) is 7.02. The SMILES string of the molecule is C=C[C@@H]1OC(=O)C=C[C@@H]1O. The number of hydrogen-bond donors (Lipinski definition) is 1. The second kappa shape index (κ2) is 2.66. The molecule has 0 fully saturated rings.